The Morgan fingerprint density at radius 3 is 2.47 bits per heavy atom. The van der Waals surface area contributed by atoms with E-state index >= 15 is 0 Å². The summed E-state index contributed by atoms with van der Waals surface area (Å²) in [6.07, 6.45) is -2.42. The van der Waals surface area contributed by atoms with Crippen LogP contribution in [-0.2, 0) is 12.7 Å². The van der Waals surface area contributed by atoms with Gasteiger partial charge in [0.15, 0.2) is 17.3 Å². The summed E-state index contributed by atoms with van der Waals surface area (Å²) in [5, 5.41) is 17.4. The van der Waals surface area contributed by atoms with E-state index in [4.69, 9.17) is 18.9 Å². The summed E-state index contributed by atoms with van der Waals surface area (Å²) < 4.78 is 79.5. The van der Waals surface area contributed by atoms with Gasteiger partial charge in [-0.2, -0.15) is 18.3 Å². The maximum atomic E-state index is 14.8. The third kappa shape index (κ3) is 4.66. The third-order valence-corrected chi connectivity index (χ3v) is 4.94. The van der Waals surface area contributed by atoms with E-state index in [1.54, 1.807) is 0 Å². The quantitative estimate of drug-likeness (QED) is 0.347. The molecule has 3 heterocycles. The number of hydrogen-bond acceptors (Lipinski definition) is 6. The van der Waals surface area contributed by atoms with Gasteiger partial charge in [-0.15, -0.1) is 0 Å². The van der Waals surface area contributed by atoms with Crippen LogP contribution in [0.25, 0.3) is 34.0 Å². The molecule has 0 fully saturated rings. The minimum Gasteiger partial charge on any atom is -0.390 e. The largest absolute Gasteiger partial charge is 0.433 e. The van der Waals surface area contributed by atoms with E-state index in [0.717, 1.165) is 12.3 Å². The number of benzene rings is 1. The predicted octanol–water partition coefficient (Wildman–Crippen LogP) is 5.63. The molecular formula is C22H18ClF4N5O2. The average molecular weight is 498 g/mol. The van der Waals surface area contributed by atoms with Crippen molar-refractivity contribution in [3.05, 3.63) is 59.4 Å². The van der Waals surface area contributed by atoms with E-state index in [0.29, 0.717) is 0 Å². The van der Waals surface area contributed by atoms with Crippen LogP contribution in [0.2, 0.25) is 5.02 Å². The van der Waals surface area contributed by atoms with E-state index in [1.807, 2.05) is 0 Å². The van der Waals surface area contributed by atoms with Crippen LogP contribution in [0.4, 0.5) is 17.6 Å². The lowest BCUT2D eigenvalue weighted by Crippen LogP contribution is -2.24. The van der Waals surface area contributed by atoms with Crippen molar-refractivity contribution in [1.82, 2.24) is 24.9 Å². The van der Waals surface area contributed by atoms with Crippen LogP contribution < -0.4 is 0 Å². The van der Waals surface area contributed by atoms with Gasteiger partial charge in [0, 0.05) is 18.9 Å². The van der Waals surface area contributed by atoms with Gasteiger partial charge in [-0.05, 0) is 38.5 Å². The fourth-order valence-corrected chi connectivity index (χ4v) is 3.43. The highest BCUT2D eigenvalue weighted by atomic mass is 35.5. The zero-order chi connectivity index (χ0) is 26.5. The van der Waals surface area contributed by atoms with Gasteiger partial charge in [-0.3, -0.25) is 4.68 Å². The molecule has 0 bridgehead atoms. The molecule has 0 radical (unpaired) electrons. The van der Waals surface area contributed by atoms with Gasteiger partial charge in [-0.25, -0.2) is 14.4 Å². The normalized spacial score (nSPS) is 13.6. The maximum absolute atomic E-state index is 14.8. The van der Waals surface area contributed by atoms with Gasteiger partial charge < -0.3 is 9.63 Å². The van der Waals surface area contributed by atoms with Crippen molar-refractivity contribution >= 4 is 11.6 Å². The second kappa shape index (κ2) is 8.80. The monoisotopic (exact) mass is 497 g/mol. The second-order valence-corrected chi connectivity index (χ2v) is 8.28. The molecule has 7 nitrogen and oxygen atoms in total. The van der Waals surface area contributed by atoms with Crippen molar-refractivity contribution in [2.45, 2.75) is 38.5 Å². The first-order chi connectivity index (χ1) is 16.7. The van der Waals surface area contributed by atoms with Crippen LogP contribution in [0, 0.1) is 5.82 Å². The van der Waals surface area contributed by atoms with Crippen LogP contribution >= 0.6 is 11.6 Å². The van der Waals surface area contributed by atoms with E-state index in [-0.39, 0.29) is 32.3 Å². The van der Waals surface area contributed by atoms with Crippen molar-refractivity contribution in [2.75, 3.05) is 0 Å². The number of halogens is 5. The summed E-state index contributed by atoms with van der Waals surface area (Å²) >= 11 is 6.18. The number of aromatic nitrogens is 5. The molecule has 0 saturated carbocycles. The predicted molar refractivity (Wildman–Crippen MR) is 115 cm³/mol. The van der Waals surface area contributed by atoms with Gasteiger partial charge in [0.1, 0.15) is 11.5 Å². The maximum Gasteiger partial charge on any atom is 0.433 e. The number of alkyl halides is 3. The lowest BCUT2D eigenvalue weighted by Gasteiger charge is -2.18. The molecule has 12 heteroatoms. The minimum atomic E-state index is -5.11. The molecule has 34 heavy (non-hydrogen) atoms. The van der Waals surface area contributed by atoms with Crippen molar-refractivity contribution in [2.24, 2.45) is 0 Å². The Balaban J connectivity index is 2.02. The highest BCUT2D eigenvalue weighted by Crippen LogP contribution is 2.45. The molecule has 3 aromatic heterocycles. The summed E-state index contributed by atoms with van der Waals surface area (Å²) in [5.74, 6) is -1.47. The van der Waals surface area contributed by atoms with Gasteiger partial charge >= 0.3 is 6.18 Å². The highest BCUT2D eigenvalue weighted by molar-refractivity contribution is 6.33. The van der Waals surface area contributed by atoms with Gasteiger partial charge in [-0.1, -0.05) is 22.8 Å². The Labute approximate surface area is 198 Å². The van der Waals surface area contributed by atoms with Crippen molar-refractivity contribution in [3.8, 4) is 34.0 Å². The number of aliphatic hydroxyl groups is 1. The Morgan fingerprint density at radius 1 is 1.15 bits per heavy atom. The van der Waals surface area contributed by atoms with Crippen molar-refractivity contribution in [1.29, 1.82) is 0 Å². The topological polar surface area (TPSA) is 89.9 Å². The summed E-state index contributed by atoms with van der Waals surface area (Å²) in [4.78, 5) is 8.11. The first kappa shape index (κ1) is 21.2. The Hall–Kier alpha value is -3.31. The van der Waals surface area contributed by atoms with E-state index in [2.05, 4.69) is 20.2 Å². The first-order valence-corrected chi connectivity index (χ1v) is 10.2. The Kier molecular flexibility index (Phi) is 5.50. The fraction of sp³-hybridized carbons (Fsp3) is 0.273. The van der Waals surface area contributed by atoms with Gasteiger partial charge in [0.2, 0.25) is 0 Å². The molecule has 1 N–H and O–H groups in total. The smallest absolute Gasteiger partial charge is 0.390 e. The second-order valence-electron chi connectivity index (χ2n) is 7.87. The zero-order valence-corrected chi connectivity index (χ0v) is 18.5. The molecule has 0 spiro atoms. The lowest BCUT2D eigenvalue weighted by atomic mass is 10.0. The number of nitrogens with zero attached hydrogens (tertiary/aromatic N) is 5. The molecule has 0 aliphatic carbocycles. The summed E-state index contributed by atoms with van der Waals surface area (Å²) in [6, 6.07) is 5.28. The lowest BCUT2D eigenvalue weighted by molar-refractivity contribution is -0.144. The van der Waals surface area contributed by atoms with Gasteiger partial charge in [0.25, 0.3) is 0 Å². The highest BCUT2D eigenvalue weighted by Gasteiger charge is 2.41. The Bertz CT molecular complexity index is 1380. The minimum absolute atomic E-state index is 0.0831. The summed E-state index contributed by atoms with van der Waals surface area (Å²) in [6.45, 7) is -0.231. The molecule has 1 aromatic carbocycles. The van der Waals surface area contributed by atoms with Crippen LogP contribution in [0.15, 0.2) is 47.4 Å². The zero-order valence-electron chi connectivity index (χ0n) is 19.7. The number of aryl methyl sites for hydroxylation is 1. The molecule has 4 aromatic rings. The number of rotatable bonds is 6. The number of hydrogen-bond donors (Lipinski definition) is 1. The molecule has 0 aliphatic rings. The molecule has 0 atom stereocenters. The van der Waals surface area contributed by atoms with Crippen LogP contribution in [0.3, 0.4) is 0 Å². The van der Waals surface area contributed by atoms with E-state index in [9.17, 15) is 22.7 Å². The molecule has 0 saturated heterocycles. The van der Waals surface area contributed by atoms with E-state index in [1.165, 1.54) is 44.4 Å². The first-order valence-electron chi connectivity index (χ1n) is 10.8. The molecule has 178 valence electrons. The fourth-order valence-electron chi connectivity index (χ4n) is 3.18. The summed E-state index contributed by atoms with van der Waals surface area (Å²) in [5.41, 5.74) is -4.53. The van der Waals surface area contributed by atoms with Crippen molar-refractivity contribution in [3.63, 3.8) is 0 Å². The summed E-state index contributed by atoms with van der Waals surface area (Å²) in [7, 11) is 0. The average Bonchev–Trinajstić information content (AvgIpc) is 3.37. The van der Waals surface area contributed by atoms with Crippen LogP contribution in [-0.4, -0.2) is 35.6 Å². The van der Waals surface area contributed by atoms with Crippen LogP contribution in [0.1, 0.15) is 28.7 Å². The Morgan fingerprint density at radius 2 is 1.85 bits per heavy atom. The molecule has 4 rings (SSSR count). The molecule has 0 unspecified atom stereocenters. The standard InChI is InChI=1S/C22H18ClF4N5O2/c1-21(2,33)7-10-32-19(22(25,26)27)12(11-30-32)18-16(20-28-8-4-9-29-20)17(31-34-18)15-13(23)5-3-6-14(15)24/h3-6,8-9,11,33H,7,10H2,1-2H3/i10D2. The van der Waals surface area contributed by atoms with Crippen molar-refractivity contribution < 1.29 is 29.9 Å². The SMILES string of the molecule is [2H]C([2H])(CC(C)(C)O)n1ncc(-c2onc(-c3c(F)cccc3Cl)c2-c2ncccn2)c1C(F)(F)F. The van der Waals surface area contributed by atoms with Gasteiger partial charge in [0.05, 0.1) is 36.3 Å². The van der Waals surface area contributed by atoms with Crippen LogP contribution in [0.5, 0.6) is 0 Å². The molecule has 0 amide bonds. The molecule has 0 aliphatic heterocycles. The van der Waals surface area contributed by atoms with E-state index < -0.39 is 47.5 Å². The third-order valence-electron chi connectivity index (χ3n) is 4.62. The molecular weight excluding hydrogens is 478 g/mol.